The maximum atomic E-state index is 13.2. The number of hydrogen-bond acceptors (Lipinski definition) is 2. The second-order valence-corrected chi connectivity index (χ2v) is 3.45. The predicted octanol–water partition coefficient (Wildman–Crippen LogP) is 0.958. The molecule has 0 atom stereocenters. The molecule has 0 heterocycles. The zero-order valence-electron chi connectivity index (χ0n) is 8.91. The van der Waals surface area contributed by atoms with Crippen molar-refractivity contribution in [2.24, 2.45) is 0 Å². The van der Waals surface area contributed by atoms with Crippen LogP contribution in [0.15, 0.2) is 18.2 Å². The molecular formula is C11H13F2NO2. The number of halogens is 2. The Bertz CT molecular complexity index is 382. The van der Waals surface area contributed by atoms with Gasteiger partial charge in [-0.2, -0.15) is 0 Å². The van der Waals surface area contributed by atoms with E-state index in [0.717, 1.165) is 18.2 Å². The summed E-state index contributed by atoms with van der Waals surface area (Å²) in [5, 5.41) is 8.62. The molecule has 0 spiro atoms. The van der Waals surface area contributed by atoms with Gasteiger partial charge in [-0.05, 0) is 18.2 Å². The van der Waals surface area contributed by atoms with Crippen LogP contribution >= 0.6 is 0 Å². The molecule has 0 aliphatic heterocycles. The number of nitrogens with zero attached hydrogens (tertiary/aromatic N) is 1. The van der Waals surface area contributed by atoms with Gasteiger partial charge in [0.05, 0.1) is 13.0 Å². The fourth-order valence-corrected chi connectivity index (χ4v) is 1.25. The third-order valence-corrected chi connectivity index (χ3v) is 2.21. The maximum absolute atomic E-state index is 13.2. The summed E-state index contributed by atoms with van der Waals surface area (Å²) in [5.41, 5.74) is 0.0230. The van der Waals surface area contributed by atoms with E-state index < -0.39 is 11.6 Å². The second kappa shape index (κ2) is 5.55. The first kappa shape index (κ1) is 12.6. The number of likely N-dealkylation sites (N-methyl/N-ethyl adjacent to an activating group) is 1. The minimum absolute atomic E-state index is 0.0230. The van der Waals surface area contributed by atoms with E-state index in [2.05, 4.69) is 0 Å². The van der Waals surface area contributed by atoms with E-state index in [1.165, 1.54) is 11.9 Å². The Morgan fingerprint density at radius 2 is 2.12 bits per heavy atom. The molecule has 0 radical (unpaired) electrons. The quantitative estimate of drug-likeness (QED) is 0.835. The van der Waals surface area contributed by atoms with Crippen LogP contribution in [0.3, 0.4) is 0 Å². The number of aliphatic hydroxyl groups is 1. The highest BCUT2D eigenvalue weighted by atomic mass is 19.1. The highest BCUT2D eigenvalue weighted by molar-refractivity contribution is 5.78. The van der Waals surface area contributed by atoms with Crippen molar-refractivity contribution in [3.05, 3.63) is 35.4 Å². The van der Waals surface area contributed by atoms with Gasteiger partial charge in [0.25, 0.3) is 0 Å². The van der Waals surface area contributed by atoms with E-state index in [0.29, 0.717) is 0 Å². The molecule has 0 bridgehead atoms. The fourth-order valence-electron chi connectivity index (χ4n) is 1.25. The SMILES string of the molecule is CN(CCO)C(=O)Cc1cc(F)ccc1F. The van der Waals surface area contributed by atoms with Crippen molar-refractivity contribution < 1.29 is 18.7 Å². The molecule has 0 aliphatic rings. The molecule has 16 heavy (non-hydrogen) atoms. The molecule has 1 aromatic carbocycles. The van der Waals surface area contributed by atoms with Crippen LogP contribution in [0.25, 0.3) is 0 Å². The summed E-state index contributed by atoms with van der Waals surface area (Å²) in [5.74, 6) is -1.54. The Balaban J connectivity index is 2.72. The summed E-state index contributed by atoms with van der Waals surface area (Å²) in [4.78, 5) is 12.8. The summed E-state index contributed by atoms with van der Waals surface area (Å²) in [6, 6.07) is 2.99. The average Bonchev–Trinajstić information content (AvgIpc) is 2.23. The molecular weight excluding hydrogens is 216 g/mol. The van der Waals surface area contributed by atoms with Crippen LogP contribution in [0, 0.1) is 11.6 Å². The minimum atomic E-state index is -0.604. The van der Waals surface area contributed by atoms with Crippen LogP contribution in [0.2, 0.25) is 0 Å². The van der Waals surface area contributed by atoms with Crippen molar-refractivity contribution in [2.75, 3.05) is 20.2 Å². The monoisotopic (exact) mass is 229 g/mol. The number of amides is 1. The van der Waals surface area contributed by atoms with Crippen LogP contribution in [0.5, 0.6) is 0 Å². The van der Waals surface area contributed by atoms with Gasteiger partial charge in [-0.15, -0.1) is 0 Å². The summed E-state index contributed by atoms with van der Waals surface area (Å²) in [6.45, 7) is 0.0175. The largest absolute Gasteiger partial charge is 0.395 e. The van der Waals surface area contributed by atoms with E-state index >= 15 is 0 Å². The van der Waals surface area contributed by atoms with Crippen molar-refractivity contribution in [1.82, 2.24) is 4.90 Å². The third kappa shape index (κ3) is 3.27. The van der Waals surface area contributed by atoms with Gasteiger partial charge in [0.2, 0.25) is 5.91 Å². The molecule has 1 rings (SSSR count). The van der Waals surface area contributed by atoms with Gasteiger partial charge >= 0.3 is 0 Å². The Labute approximate surface area is 92.3 Å². The molecule has 1 aromatic rings. The van der Waals surface area contributed by atoms with Crippen molar-refractivity contribution in [3.63, 3.8) is 0 Å². The van der Waals surface area contributed by atoms with E-state index in [1.807, 2.05) is 0 Å². The second-order valence-electron chi connectivity index (χ2n) is 3.45. The smallest absolute Gasteiger partial charge is 0.226 e. The van der Waals surface area contributed by atoms with Gasteiger partial charge in [-0.3, -0.25) is 4.79 Å². The van der Waals surface area contributed by atoms with E-state index in [4.69, 9.17) is 5.11 Å². The molecule has 0 saturated heterocycles. The number of carbonyl (C=O) groups is 1. The van der Waals surface area contributed by atoms with Crippen molar-refractivity contribution in [1.29, 1.82) is 0 Å². The van der Waals surface area contributed by atoms with Crippen LogP contribution < -0.4 is 0 Å². The lowest BCUT2D eigenvalue weighted by Gasteiger charge is -2.15. The lowest BCUT2D eigenvalue weighted by atomic mass is 10.1. The lowest BCUT2D eigenvalue weighted by Crippen LogP contribution is -2.31. The average molecular weight is 229 g/mol. The molecule has 0 aromatic heterocycles. The third-order valence-electron chi connectivity index (χ3n) is 2.21. The van der Waals surface area contributed by atoms with Gasteiger partial charge in [0.15, 0.2) is 0 Å². The van der Waals surface area contributed by atoms with Crippen molar-refractivity contribution >= 4 is 5.91 Å². The molecule has 0 fully saturated rings. The summed E-state index contributed by atoms with van der Waals surface area (Å²) in [6.07, 6.45) is -0.208. The van der Waals surface area contributed by atoms with Crippen LogP contribution in [-0.4, -0.2) is 36.1 Å². The standard InChI is InChI=1S/C11H13F2NO2/c1-14(4-5-15)11(16)7-8-6-9(12)2-3-10(8)13/h2-3,6,15H,4-5,7H2,1H3. The molecule has 1 amide bonds. The first-order valence-electron chi connectivity index (χ1n) is 4.83. The number of rotatable bonds is 4. The molecule has 1 N–H and O–H groups in total. The topological polar surface area (TPSA) is 40.5 Å². The first-order chi connectivity index (χ1) is 7.54. The zero-order valence-corrected chi connectivity index (χ0v) is 8.91. The summed E-state index contributed by atoms with van der Waals surface area (Å²) >= 11 is 0. The Morgan fingerprint density at radius 1 is 1.44 bits per heavy atom. The molecule has 3 nitrogen and oxygen atoms in total. The summed E-state index contributed by atoms with van der Waals surface area (Å²) in [7, 11) is 1.50. The fraction of sp³-hybridized carbons (Fsp3) is 0.364. The van der Waals surface area contributed by atoms with Gasteiger partial charge < -0.3 is 10.0 Å². The minimum Gasteiger partial charge on any atom is -0.395 e. The van der Waals surface area contributed by atoms with Gasteiger partial charge in [-0.1, -0.05) is 0 Å². The number of aliphatic hydroxyl groups excluding tert-OH is 1. The highest BCUT2D eigenvalue weighted by Crippen LogP contribution is 2.11. The van der Waals surface area contributed by atoms with Crippen molar-refractivity contribution in [2.45, 2.75) is 6.42 Å². The number of hydrogen-bond donors (Lipinski definition) is 1. The van der Waals surface area contributed by atoms with E-state index in [1.54, 1.807) is 0 Å². The molecule has 0 unspecified atom stereocenters. The Morgan fingerprint density at radius 3 is 2.75 bits per heavy atom. The molecule has 88 valence electrons. The number of carbonyl (C=O) groups excluding carboxylic acids is 1. The van der Waals surface area contributed by atoms with Gasteiger partial charge in [-0.25, -0.2) is 8.78 Å². The Hall–Kier alpha value is -1.49. The van der Waals surface area contributed by atoms with E-state index in [9.17, 15) is 13.6 Å². The predicted molar refractivity (Wildman–Crippen MR) is 54.8 cm³/mol. The maximum Gasteiger partial charge on any atom is 0.226 e. The van der Waals surface area contributed by atoms with Crippen LogP contribution in [-0.2, 0) is 11.2 Å². The zero-order chi connectivity index (χ0) is 12.1. The van der Waals surface area contributed by atoms with Gasteiger partial charge in [0.1, 0.15) is 11.6 Å². The highest BCUT2D eigenvalue weighted by Gasteiger charge is 2.12. The van der Waals surface area contributed by atoms with Crippen LogP contribution in [0.4, 0.5) is 8.78 Å². The Kier molecular flexibility index (Phi) is 4.37. The van der Waals surface area contributed by atoms with Crippen molar-refractivity contribution in [3.8, 4) is 0 Å². The molecule has 0 saturated carbocycles. The lowest BCUT2D eigenvalue weighted by molar-refractivity contribution is -0.129. The van der Waals surface area contributed by atoms with Gasteiger partial charge in [0, 0.05) is 19.2 Å². The van der Waals surface area contributed by atoms with E-state index in [-0.39, 0.29) is 31.0 Å². The number of benzene rings is 1. The van der Waals surface area contributed by atoms with Crippen LogP contribution in [0.1, 0.15) is 5.56 Å². The molecule has 0 aliphatic carbocycles. The summed E-state index contributed by atoms with van der Waals surface area (Å²) < 4.78 is 26.0. The first-order valence-corrected chi connectivity index (χ1v) is 4.83. The molecule has 5 heteroatoms. The normalized spacial score (nSPS) is 10.2.